The van der Waals surface area contributed by atoms with Crippen LogP contribution in [0.5, 0.6) is 0 Å². The minimum absolute atomic E-state index is 0.0514. The van der Waals surface area contributed by atoms with Gasteiger partial charge in [-0.3, -0.25) is 15.1 Å². The van der Waals surface area contributed by atoms with Gasteiger partial charge in [0.2, 0.25) is 0 Å². The molecule has 0 saturated heterocycles. The number of nitrogens with two attached hydrogens (primary N) is 1. The van der Waals surface area contributed by atoms with Gasteiger partial charge in [0.15, 0.2) is 0 Å². The number of nitrogens with zero attached hydrogens (tertiary/aromatic N) is 2. The molecule has 5 nitrogen and oxygen atoms in total. The van der Waals surface area contributed by atoms with E-state index in [4.69, 9.17) is 5.73 Å². The molecule has 2 rings (SSSR count). The highest BCUT2D eigenvalue weighted by molar-refractivity contribution is 5.81. The van der Waals surface area contributed by atoms with Gasteiger partial charge in [-0.05, 0) is 17.7 Å². The Bertz CT molecular complexity index is 525. The Morgan fingerprint density at radius 2 is 2.20 bits per heavy atom. The maximum absolute atomic E-state index is 10.5. The minimum atomic E-state index is -0.433. The van der Waals surface area contributed by atoms with Crippen molar-refractivity contribution in [1.29, 1.82) is 0 Å². The fourth-order valence-electron chi connectivity index (χ4n) is 1.38. The first-order valence-corrected chi connectivity index (χ1v) is 4.44. The molecule has 0 saturated carbocycles. The molecule has 0 bridgehead atoms. The van der Waals surface area contributed by atoms with Gasteiger partial charge in [0.25, 0.3) is 5.69 Å². The first kappa shape index (κ1) is 9.54. The highest BCUT2D eigenvalue weighted by Crippen LogP contribution is 2.19. The summed E-state index contributed by atoms with van der Waals surface area (Å²) in [4.78, 5) is 14.2. The topological polar surface area (TPSA) is 82.0 Å². The molecule has 2 N–H and O–H groups in total. The normalized spacial score (nSPS) is 10.5. The third-order valence-electron chi connectivity index (χ3n) is 2.17. The molecular weight excluding hydrogens is 194 g/mol. The van der Waals surface area contributed by atoms with E-state index in [1.165, 1.54) is 12.1 Å². The second kappa shape index (κ2) is 3.62. The van der Waals surface area contributed by atoms with Crippen LogP contribution in [0, 0.1) is 10.1 Å². The Balaban J connectivity index is 2.59. The highest BCUT2D eigenvalue weighted by Gasteiger charge is 2.06. The van der Waals surface area contributed by atoms with E-state index >= 15 is 0 Å². The monoisotopic (exact) mass is 203 g/mol. The van der Waals surface area contributed by atoms with Crippen LogP contribution in [0.1, 0.15) is 5.56 Å². The average molecular weight is 203 g/mol. The fraction of sp³-hybridized carbons (Fsp3) is 0.100. The predicted molar refractivity (Wildman–Crippen MR) is 56.3 cm³/mol. The molecule has 1 heterocycles. The summed E-state index contributed by atoms with van der Waals surface area (Å²) < 4.78 is 0. The Hall–Kier alpha value is -2.01. The van der Waals surface area contributed by atoms with Crippen LogP contribution in [0.15, 0.2) is 30.5 Å². The predicted octanol–water partition coefficient (Wildman–Crippen LogP) is 1.60. The van der Waals surface area contributed by atoms with E-state index < -0.39 is 4.92 Å². The Morgan fingerprint density at radius 3 is 2.87 bits per heavy atom. The van der Waals surface area contributed by atoms with E-state index in [-0.39, 0.29) is 5.69 Å². The van der Waals surface area contributed by atoms with Crippen LogP contribution in [0.2, 0.25) is 0 Å². The lowest BCUT2D eigenvalue weighted by Crippen LogP contribution is -1.97. The lowest BCUT2D eigenvalue weighted by atomic mass is 10.1. The lowest BCUT2D eigenvalue weighted by molar-refractivity contribution is -0.384. The second-order valence-electron chi connectivity index (χ2n) is 3.18. The third kappa shape index (κ3) is 1.77. The van der Waals surface area contributed by atoms with Crippen molar-refractivity contribution in [3.63, 3.8) is 0 Å². The summed E-state index contributed by atoms with van der Waals surface area (Å²) in [6.07, 6.45) is 1.63. The molecule has 0 amide bonds. The second-order valence-corrected chi connectivity index (χ2v) is 3.18. The zero-order valence-electron chi connectivity index (χ0n) is 7.88. The first-order valence-electron chi connectivity index (χ1n) is 4.44. The van der Waals surface area contributed by atoms with Gasteiger partial charge >= 0.3 is 0 Å². The zero-order chi connectivity index (χ0) is 10.8. The van der Waals surface area contributed by atoms with Gasteiger partial charge < -0.3 is 5.73 Å². The molecule has 1 aromatic carbocycles. The number of pyridine rings is 1. The van der Waals surface area contributed by atoms with Crippen LogP contribution in [0.3, 0.4) is 0 Å². The van der Waals surface area contributed by atoms with Gasteiger partial charge in [-0.2, -0.15) is 0 Å². The fourth-order valence-corrected chi connectivity index (χ4v) is 1.38. The summed E-state index contributed by atoms with van der Waals surface area (Å²) in [7, 11) is 0. The van der Waals surface area contributed by atoms with E-state index in [1.54, 1.807) is 12.3 Å². The number of aromatic nitrogens is 1. The molecule has 2 aromatic rings. The standard InChI is InChI=1S/C10H9N3O2/c11-5-7-3-8-1-2-9(13(14)15)4-10(8)12-6-7/h1-4,6H,5,11H2. The molecule has 76 valence electrons. The molecule has 0 atom stereocenters. The average Bonchev–Trinajstić information content (AvgIpc) is 2.27. The van der Waals surface area contributed by atoms with E-state index in [2.05, 4.69) is 4.98 Å². The van der Waals surface area contributed by atoms with Crippen molar-refractivity contribution in [1.82, 2.24) is 4.98 Å². The van der Waals surface area contributed by atoms with Crippen LogP contribution >= 0.6 is 0 Å². The molecule has 0 aliphatic rings. The van der Waals surface area contributed by atoms with E-state index in [1.807, 2.05) is 6.07 Å². The van der Waals surface area contributed by atoms with Crippen molar-refractivity contribution < 1.29 is 4.92 Å². The molecule has 1 aromatic heterocycles. The van der Waals surface area contributed by atoms with Gasteiger partial charge in [0.05, 0.1) is 10.4 Å². The van der Waals surface area contributed by atoms with Gasteiger partial charge in [0, 0.05) is 30.3 Å². The van der Waals surface area contributed by atoms with Crippen molar-refractivity contribution in [2.45, 2.75) is 6.54 Å². The van der Waals surface area contributed by atoms with Gasteiger partial charge in [-0.25, -0.2) is 0 Å². The van der Waals surface area contributed by atoms with Crippen LogP contribution in [-0.4, -0.2) is 9.91 Å². The largest absolute Gasteiger partial charge is 0.326 e. The number of fused-ring (bicyclic) bond motifs is 1. The summed E-state index contributed by atoms with van der Waals surface area (Å²) in [5.74, 6) is 0. The SMILES string of the molecule is NCc1cnc2cc([N+](=O)[O-])ccc2c1. The van der Waals surface area contributed by atoms with Crippen LogP contribution in [0.4, 0.5) is 5.69 Å². The Morgan fingerprint density at radius 1 is 1.40 bits per heavy atom. The molecule has 0 aliphatic heterocycles. The molecule has 0 fully saturated rings. The van der Waals surface area contributed by atoms with Crippen LogP contribution in [-0.2, 0) is 6.54 Å². The smallest absolute Gasteiger partial charge is 0.271 e. The van der Waals surface area contributed by atoms with Crippen LogP contribution < -0.4 is 5.73 Å². The third-order valence-corrected chi connectivity index (χ3v) is 2.17. The molecule has 0 aliphatic carbocycles. The van der Waals surface area contributed by atoms with Crippen molar-refractivity contribution >= 4 is 16.6 Å². The number of nitro benzene ring substituents is 1. The summed E-state index contributed by atoms with van der Waals surface area (Å²) in [6.45, 7) is 0.417. The number of hydrogen-bond acceptors (Lipinski definition) is 4. The Kier molecular flexibility index (Phi) is 2.31. The zero-order valence-corrected chi connectivity index (χ0v) is 7.88. The Labute approximate surface area is 85.7 Å². The number of non-ortho nitro benzene ring substituents is 1. The maximum Gasteiger partial charge on any atom is 0.271 e. The van der Waals surface area contributed by atoms with E-state index in [9.17, 15) is 10.1 Å². The van der Waals surface area contributed by atoms with Crippen molar-refractivity contribution in [3.05, 3.63) is 46.1 Å². The molecule has 5 heteroatoms. The van der Waals surface area contributed by atoms with Crippen molar-refractivity contribution in [2.24, 2.45) is 5.73 Å². The van der Waals surface area contributed by atoms with Gasteiger partial charge in [0.1, 0.15) is 0 Å². The number of rotatable bonds is 2. The summed E-state index contributed by atoms with van der Waals surface area (Å²) in [5.41, 5.74) is 7.05. The van der Waals surface area contributed by atoms with Crippen molar-refractivity contribution in [3.8, 4) is 0 Å². The van der Waals surface area contributed by atoms with Crippen molar-refractivity contribution in [2.75, 3.05) is 0 Å². The van der Waals surface area contributed by atoms with E-state index in [0.717, 1.165) is 10.9 Å². The number of nitro groups is 1. The summed E-state index contributed by atoms with van der Waals surface area (Å²) in [5, 5.41) is 11.4. The molecule has 0 radical (unpaired) electrons. The number of hydrogen-bond donors (Lipinski definition) is 1. The molecule has 0 unspecified atom stereocenters. The molecule has 15 heavy (non-hydrogen) atoms. The first-order chi connectivity index (χ1) is 7.20. The van der Waals surface area contributed by atoms with E-state index in [0.29, 0.717) is 12.1 Å². The van der Waals surface area contributed by atoms with Gasteiger partial charge in [-0.15, -0.1) is 0 Å². The van der Waals surface area contributed by atoms with Gasteiger partial charge in [-0.1, -0.05) is 0 Å². The number of benzene rings is 1. The summed E-state index contributed by atoms with van der Waals surface area (Å²) in [6, 6.07) is 6.48. The summed E-state index contributed by atoms with van der Waals surface area (Å²) >= 11 is 0. The maximum atomic E-state index is 10.5. The molecular formula is C10H9N3O2. The lowest BCUT2D eigenvalue weighted by Gasteiger charge is -1.99. The minimum Gasteiger partial charge on any atom is -0.326 e. The highest BCUT2D eigenvalue weighted by atomic mass is 16.6. The quantitative estimate of drug-likeness (QED) is 0.593. The molecule has 0 spiro atoms. The van der Waals surface area contributed by atoms with Crippen LogP contribution in [0.25, 0.3) is 10.9 Å².